The molecule has 3 aliphatic rings. The molecule has 1 aliphatic heterocycles. The van der Waals surface area contributed by atoms with E-state index in [0.717, 1.165) is 18.1 Å². The molecule has 2 N–H and O–H groups in total. The lowest BCUT2D eigenvalue weighted by molar-refractivity contribution is -0.159. The van der Waals surface area contributed by atoms with Crippen molar-refractivity contribution in [3.05, 3.63) is 71.0 Å². The number of hydrogen-bond donors (Lipinski definition) is 2. The number of carbonyl (C=O) groups excluding carboxylic acids is 2. The molecule has 10 heteroatoms. The standard InChI is InChI=1S/C32H37NO8Si/c1-5-42(6-2,7-3)41-31-19-14-9-8-13-17-26(34)27(25(31)18-20-38-29(35)24-15-11-10-12-16-24)28(33-30(36)37-4)32(23-31)39-21-22-40-32/h8-12,15-16,18,26,34H,5-7,20-23H2,1-4H3,(H,33,36)/b9-8-,25-18+/t26-,31-/m0/s1. The molecule has 4 rings (SSSR count). The Morgan fingerprint density at radius 3 is 2.40 bits per heavy atom. The minimum Gasteiger partial charge on any atom is -0.458 e. The highest BCUT2D eigenvalue weighted by atomic mass is 28.4. The predicted molar refractivity (Wildman–Crippen MR) is 158 cm³/mol. The summed E-state index contributed by atoms with van der Waals surface area (Å²) in [5.41, 5.74) is -0.170. The van der Waals surface area contributed by atoms with Crippen LogP contribution in [0.1, 0.15) is 37.6 Å². The zero-order valence-corrected chi connectivity index (χ0v) is 25.5. The van der Waals surface area contributed by atoms with E-state index >= 15 is 0 Å². The van der Waals surface area contributed by atoms with E-state index in [1.54, 1.807) is 42.5 Å². The zero-order valence-electron chi connectivity index (χ0n) is 24.5. The monoisotopic (exact) mass is 591 g/mol. The first-order valence-electron chi connectivity index (χ1n) is 14.2. The highest BCUT2D eigenvalue weighted by molar-refractivity contribution is 6.73. The Labute approximate surface area is 248 Å². The lowest BCUT2D eigenvalue weighted by Crippen LogP contribution is -2.58. The van der Waals surface area contributed by atoms with E-state index in [2.05, 4.69) is 49.8 Å². The van der Waals surface area contributed by atoms with Gasteiger partial charge in [-0.25, -0.2) is 9.59 Å². The van der Waals surface area contributed by atoms with Crippen molar-refractivity contribution in [3.8, 4) is 23.7 Å². The van der Waals surface area contributed by atoms with E-state index in [1.807, 2.05) is 6.07 Å². The third-order valence-electron chi connectivity index (χ3n) is 7.88. The molecule has 0 radical (unpaired) electrons. The molecule has 1 amide bonds. The van der Waals surface area contributed by atoms with Crippen molar-refractivity contribution in [3.63, 3.8) is 0 Å². The van der Waals surface area contributed by atoms with Crippen LogP contribution < -0.4 is 5.32 Å². The Morgan fingerprint density at radius 1 is 1.10 bits per heavy atom. The van der Waals surface area contributed by atoms with Crippen LogP contribution >= 0.6 is 0 Å². The van der Waals surface area contributed by atoms with E-state index in [-0.39, 0.29) is 37.5 Å². The Hall–Kier alpha value is -3.64. The minimum atomic E-state index is -2.41. The fourth-order valence-electron chi connectivity index (χ4n) is 5.51. The number of allylic oxidation sites excluding steroid dienone is 2. The Kier molecular flexibility index (Phi) is 10.1. The Bertz CT molecular complexity index is 1380. The molecule has 1 fully saturated rings. The molecule has 1 spiro atoms. The fraction of sp³-hybridized carbons (Fsp3) is 0.438. The van der Waals surface area contributed by atoms with Gasteiger partial charge in [-0.3, -0.25) is 5.32 Å². The quantitative estimate of drug-likeness (QED) is 0.249. The van der Waals surface area contributed by atoms with E-state index in [9.17, 15) is 14.7 Å². The number of benzene rings is 1. The van der Waals surface area contributed by atoms with Crippen LogP contribution in [0.5, 0.6) is 0 Å². The number of esters is 1. The zero-order chi connectivity index (χ0) is 30.2. The van der Waals surface area contributed by atoms with Crippen molar-refractivity contribution in [2.45, 2.75) is 62.8 Å². The molecule has 2 aliphatic carbocycles. The summed E-state index contributed by atoms with van der Waals surface area (Å²) in [7, 11) is -1.17. The van der Waals surface area contributed by atoms with Crippen LogP contribution in [-0.4, -0.2) is 69.9 Å². The fourth-order valence-corrected chi connectivity index (χ4v) is 8.41. The topological polar surface area (TPSA) is 113 Å². The van der Waals surface area contributed by atoms with Crippen LogP contribution in [0.2, 0.25) is 18.1 Å². The summed E-state index contributed by atoms with van der Waals surface area (Å²) in [6.45, 7) is 6.66. The van der Waals surface area contributed by atoms with Gasteiger partial charge in [0.15, 0.2) is 8.32 Å². The van der Waals surface area contributed by atoms with Gasteiger partial charge in [0.05, 0.1) is 38.0 Å². The van der Waals surface area contributed by atoms with Crippen molar-refractivity contribution in [1.29, 1.82) is 0 Å². The normalized spacial score (nSPS) is 24.2. The van der Waals surface area contributed by atoms with Crippen molar-refractivity contribution in [1.82, 2.24) is 5.32 Å². The summed E-state index contributed by atoms with van der Waals surface area (Å²) in [4.78, 5) is 25.4. The molecule has 2 atom stereocenters. The molecule has 1 heterocycles. The van der Waals surface area contributed by atoms with Gasteiger partial charge in [-0.2, -0.15) is 0 Å². The Balaban J connectivity index is 1.97. The SMILES string of the molecule is CC[Si](CC)(CC)O[C@@]12C#C/C=C\C#C[C@H](O)C(=C(NC(=O)OC)C3(C1)OCCO3)/C2=C\COC(=O)c1ccccc1. The van der Waals surface area contributed by atoms with Crippen LogP contribution in [0, 0.1) is 23.7 Å². The molecule has 1 saturated heterocycles. The molecule has 1 aromatic carbocycles. The predicted octanol–water partition coefficient (Wildman–Crippen LogP) is 4.22. The van der Waals surface area contributed by atoms with Crippen molar-refractivity contribution < 1.29 is 38.1 Å². The summed E-state index contributed by atoms with van der Waals surface area (Å²) in [5, 5.41) is 14.3. The molecule has 222 valence electrons. The summed E-state index contributed by atoms with van der Waals surface area (Å²) >= 11 is 0. The second-order valence-corrected chi connectivity index (χ2v) is 14.8. The second-order valence-electron chi connectivity index (χ2n) is 10.1. The number of fused-ring (bicyclic) bond motifs is 2. The van der Waals surface area contributed by atoms with Gasteiger partial charge in [-0.05, 0) is 48.5 Å². The highest BCUT2D eigenvalue weighted by Crippen LogP contribution is 2.51. The average Bonchev–Trinajstić information content (AvgIpc) is 3.48. The van der Waals surface area contributed by atoms with Crippen LogP contribution in [0.15, 0.2) is 65.4 Å². The summed E-state index contributed by atoms with van der Waals surface area (Å²) in [6, 6.07) is 11.1. The molecular weight excluding hydrogens is 554 g/mol. The summed E-state index contributed by atoms with van der Waals surface area (Å²) < 4.78 is 30.2. The van der Waals surface area contributed by atoms with Crippen molar-refractivity contribution >= 4 is 20.4 Å². The van der Waals surface area contributed by atoms with Gasteiger partial charge in [0.25, 0.3) is 0 Å². The number of methoxy groups -OCH3 is 1. The first-order chi connectivity index (χ1) is 20.3. The molecule has 42 heavy (non-hydrogen) atoms. The Morgan fingerprint density at radius 2 is 1.76 bits per heavy atom. The van der Waals surface area contributed by atoms with E-state index in [4.69, 9.17) is 23.4 Å². The number of rotatable bonds is 9. The van der Waals surface area contributed by atoms with Gasteiger partial charge >= 0.3 is 12.1 Å². The number of nitrogens with one attached hydrogen (secondary N) is 1. The molecule has 0 aromatic heterocycles. The maximum absolute atomic E-state index is 12.8. The second kappa shape index (κ2) is 13.6. The number of ether oxygens (including phenoxy) is 4. The van der Waals surface area contributed by atoms with Crippen LogP contribution in [0.3, 0.4) is 0 Å². The number of carbonyl (C=O) groups is 2. The molecule has 0 unspecified atom stereocenters. The number of hydrogen-bond acceptors (Lipinski definition) is 8. The smallest absolute Gasteiger partial charge is 0.411 e. The largest absolute Gasteiger partial charge is 0.458 e. The maximum Gasteiger partial charge on any atom is 0.411 e. The number of alkyl carbamates (subject to hydrolysis) is 1. The first-order valence-corrected chi connectivity index (χ1v) is 16.7. The first kappa shape index (κ1) is 31.3. The van der Waals surface area contributed by atoms with Crippen LogP contribution in [0.4, 0.5) is 4.79 Å². The summed E-state index contributed by atoms with van der Waals surface area (Å²) in [5.74, 6) is 9.99. The highest BCUT2D eigenvalue weighted by Gasteiger charge is 2.59. The minimum absolute atomic E-state index is 0.0526. The lowest BCUT2D eigenvalue weighted by atomic mass is 9.73. The molecule has 9 nitrogen and oxygen atoms in total. The van der Waals surface area contributed by atoms with E-state index in [1.165, 1.54) is 7.11 Å². The van der Waals surface area contributed by atoms with E-state index in [0.29, 0.717) is 11.1 Å². The number of amides is 1. The van der Waals surface area contributed by atoms with Gasteiger partial charge < -0.3 is 28.5 Å². The van der Waals surface area contributed by atoms with Gasteiger partial charge in [-0.1, -0.05) is 62.7 Å². The van der Waals surface area contributed by atoms with Gasteiger partial charge in [0.2, 0.25) is 5.79 Å². The van der Waals surface area contributed by atoms with Gasteiger partial charge in [-0.15, -0.1) is 0 Å². The average molecular weight is 592 g/mol. The van der Waals surface area contributed by atoms with Crippen LogP contribution in [0.25, 0.3) is 0 Å². The maximum atomic E-state index is 12.8. The molecule has 0 saturated carbocycles. The lowest BCUT2D eigenvalue weighted by Gasteiger charge is -2.49. The van der Waals surface area contributed by atoms with Crippen molar-refractivity contribution in [2.24, 2.45) is 0 Å². The molecule has 1 aromatic rings. The third kappa shape index (κ3) is 6.39. The van der Waals surface area contributed by atoms with E-state index < -0.39 is 37.9 Å². The number of aliphatic hydroxyl groups is 1. The third-order valence-corrected chi connectivity index (χ3v) is 12.5. The molecular formula is C32H37NO8Si. The van der Waals surface area contributed by atoms with Crippen molar-refractivity contribution in [2.75, 3.05) is 26.9 Å². The summed E-state index contributed by atoms with van der Waals surface area (Å²) in [6.07, 6.45) is 2.68. The van der Waals surface area contributed by atoms with Gasteiger partial charge in [0.1, 0.15) is 18.3 Å². The molecule has 2 bridgehead atoms. The van der Waals surface area contributed by atoms with Gasteiger partial charge in [0, 0.05) is 11.1 Å². The number of aliphatic hydroxyl groups excluding tert-OH is 1. The van der Waals surface area contributed by atoms with Crippen LogP contribution in [-0.2, 0) is 23.4 Å².